The molecule has 1 aromatic carbocycles. The highest BCUT2D eigenvalue weighted by Gasteiger charge is 2.13. The van der Waals surface area contributed by atoms with Crippen molar-refractivity contribution in [1.82, 2.24) is 9.97 Å². The first-order valence-corrected chi connectivity index (χ1v) is 7.29. The van der Waals surface area contributed by atoms with Crippen molar-refractivity contribution in [2.75, 3.05) is 16.9 Å². The van der Waals surface area contributed by atoms with Gasteiger partial charge >= 0.3 is 0 Å². The number of nitrogens with two attached hydrogens (primary N) is 1. The quantitative estimate of drug-likeness (QED) is 0.582. The van der Waals surface area contributed by atoms with Gasteiger partial charge in [0.1, 0.15) is 0 Å². The Bertz CT molecular complexity index is 627. The number of H-pyrrole nitrogens is 1. The van der Waals surface area contributed by atoms with Crippen molar-refractivity contribution in [3.63, 3.8) is 0 Å². The zero-order valence-electron chi connectivity index (χ0n) is 11.2. The summed E-state index contributed by atoms with van der Waals surface area (Å²) in [5.74, 6) is 1.17. The van der Waals surface area contributed by atoms with E-state index in [2.05, 4.69) is 15.3 Å². The summed E-state index contributed by atoms with van der Waals surface area (Å²) in [5, 5.41) is 3.22. The molecule has 0 bridgehead atoms. The maximum atomic E-state index is 6.13. The predicted molar refractivity (Wildman–Crippen MR) is 86.7 cm³/mol. The molecule has 0 saturated heterocycles. The molecule has 0 aliphatic rings. The van der Waals surface area contributed by atoms with Gasteiger partial charge in [0.15, 0.2) is 10.6 Å². The highest BCUT2D eigenvalue weighted by molar-refractivity contribution is 7.71. The molecule has 0 radical (unpaired) electrons. The van der Waals surface area contributed by atoms with Gasteiger partial charge in [-0.05, 0) is 17.8 Å². The van der Waals surface area contributed by atoms with Crippen LogP contribution in [-0.2, 0) is 6.54 Å². The minimum atomic E-state index is 0.0960. The van der Waals surface area contributed by atoms with Crippen LogP contribution in [0.1, 0.15) is 24.1 Å². The Balaban J connectivity index is 2.23. The van der Waals surface area contributed by atoms with Crippen LogP contribution in [0.5, 0.6) is 0 Å². The Kier molecular flexibility index (Phi) is 4.98. The number of nitrogens with zero attached hydrogens (tertiary/aromatic N) is 1. The second-order valence-corrected chi connectivity index (χ2v) is 5.31. The van der Waals surface area contributed by atoms with E-state index in [4.69, 9.17) is 29.6 Å². The first-order valence-electron chi connectivity index (χ1n) is 6.35. The highest BCUT2D eigenvalue weighted by Crippen LogP contribution is 2.26. The molecule has 0 fully saturated rings. The van der Waals surface area contributed by atoms with E-state index in [0.717, 1.165) is 11.3 Å². The summed E-state index contributed by atoms with van der Waals surface area (Å²) in [6.07, 6.45) is 0. The minimum Gasteiger partial charge on any atom is -0.394 e. The van der Waals surface area contributed by atoms with Gasteiger partial charge in [-0.25, -0.2) is 4.98 Å². The molecule has 6 heteroatoms. The normalized spacial score (nSPS) is 12.1. The van der Waals surface area contributed by atoms with Crippen molar-refractivity contribution >= 4 is 35.3 Å². The van der Waals surface area contributed by atoms with E-state index in [9.17, 15) is 0 Å². The van der Waals surface area contributed by atoms with Crippen molar-refractivity contribution < 1.29 is 0 Å². The Morgan fingerprint density at radius 1 is 1.40 bits per heavy atom. The molecule has 106 valence electrons. The number of nitrogen functional groups attached to an aromatic ring is 1. The number of benzene rings is 1. The second kappa shape index (κ2) is 6.72. The Morgan fingerprint density at radius 2 is 2.10 bits per heavy atom. The van der Waals surface area contributed by atoms with Gasteiger partial charge in [0.25, 0.3) is 0 Å². The van der Waals surface area contributed by atoms with E-state index >= 15 is 0 Å². The van der Waals surface area contributed by atoms with Crippen LogP contribution in [-0.4, -0.2) is 15.8 Å². The smallest absolute Gasteiger partial charge is 0.199 e. The van der Waals surface area contributed by atoms with Crippen molar-refractivity contribution in [2.24, 2.45) is 0 Å². The highest BCUT2D eigenvalue weighted by atomic mass is 35.5. The lowest BCUT2D eigenvalue weighted by molar-refractivity contribution is 0.821. The molecule has 2 rings (SSSR count). The number of anilines is 2. The number of alkyl halides is 1. The summed E-state index contributed by atoms with van der Waals surface area (Å²) in [6.45, 7) is 2.64. The summed E-state index contributed by atoms with van der Waals surface area (Å²) >= 11 is 11.0. The fraction of sp³-hybridized carbons (Fsp3) is 0.286. The van der Waals surface area contributed by atoms with Crippen molar-refractivity contribution in [1.29, 1.82) is 0 Å². The standard InChI is InChI=1S/C14H17ClN4S/c1-9(7-15)12-11(16)13(19-14(20)18-12)17-8-10-5-3-2-4-6-10/h2-6,9H,7-8,16H2,1H3,(H2,17,18,19,20). The summed E-state index contributed by atoms with van der Waals surface area (Å²) in [6, 6.07) is 10.0. The van der Waals surface area contributed by atoms with Crippen molar-refractivity contribution in [3.05, 3.63) is 46.4 Å². The van der Waals surface area contributed by atoms with Crippen LogP contribution in [0.15, 0.2) is 30.3 Å². The fourth-order valence-corrected chi connectivity index (χ4v) is 2.24. The largest absolute Gasteiger partial charge is 0.394 e. The van der Waals surface area contributed by atoms with Crippen LogP contribution in [0.25, 0.3) is 0 Å². The van der Waals surface area contributed by atoms with E-state index in [1.807, 2.05) is 37.3 Å². The summed E-state index contributed by atoms with van der Waals surface area (Å²) in [7, 11) is 0. The van der Waals surface area contributed by atoms with Gasteiger partial charge in [0.05, 0.1) is 5.69 Å². The summed E-state index contributed by atoms with van der Waals surface area (Å²) in [4.78, 5) is 7.26. The molecule has 0 amide bonds. The van der Waals surface area contributed by atoms with Gasteiger partial charge in [-0.15, -0.1) is 11.6 Å². The number of halogens is 1. The van der Waals surface area contributed by atoms with Crippen LogP contribution in [0.4, 0.5) is 11.5 Å². The van der Waals surface area contributed by atoms with Crippen LogP contribution in [0.2, 0.25) is 0 Å². The van der Waals surface area contributed by atoms with Crippen molar-refractivity contribution in [2.45, 2.75) is 19.4 Å². The lowest BCUT2D eigenvalue weighted by Crippen LogP contribution is -2.11. The Morgan fingerprint density at radius 3 is 2.75 bits per heavy atom. The first-order chi connectivity index (χ1) is 9.61. The average Bonchev–Trinajstić information content (AvgIpc) is 2.48. The number of aromatic amines is 1. The van der Waals surface area contributed by atoms with Gasteiger partial charge in [-0.3, -0.25) is 0 Å². The molecular formula is C14H17ClN4S. The molecule has 0 aliphatic carbocycles. The lowest BCUT2D eigenvalue weighted by Gasteiger charge is -2.15. The predicted octanol–water partition coefficient (Wildman–Crippen LogP) is 3.68. The molecule has 4 N–H and O–H groups in total. The van der Waals surface area contributed by atoms with Gasteiger partial charge in [-0.2, -0.15) is 0 Å². The van der Waals surface area contributed by atoms with E-state index in [-0.39, 0.29) is 5.92 Å². The zero-order valence-corrected chi connectivity index (χ0v) is 12.8. The molecule has 4 nitrogen and oxygen atoms in total. The molecule has 0 aliphatic heterocycles. The molecule has 1 aromatic heterocycles. The SMILES string of the molecule is CC(CCl)c1[nH]c(=S)nc(NCc2ccccc2)c1N. The minimum absolute atomic E-state index is 0.0960. The molecule has 1 heterocycles. The number of hydrogen-bond acceptors (Lipinski definition) is 4. The Hall–Kier alpha value is -1.59. The number of rotatable bonds is 5. The molecule has 2 aromatic rings. The van der Waals surface area contributed by atoms with E-state index in [1.165, 1.54) is 0 Å². The van der Waals surface area contributed by atoms with Gasteiger partial charge < -0.3 is 16.0 Å². The first kappa shape index (κ1) is 14.8. The summed E-state index contributed by atoms with van der Waals surface area (Å²) < 4.78 is 0.404. The number of hydrogen-bond donors (Lipinski definition) is 3. The van der Waals surface area contributed by atoms with Gasteiger partial charge in [0, 0.05) is 24.0 Å². The van der Waals surface area contributed by atoms with Gasteiger partial charge in [0.2, 0.25) is 0 Å². The molecule has 1 unspecified atom stereocenters. The maximum Gasteiger partial charge on any atom is 0.199 e. The third-order valence-electron chi connectivity index (χ3n) is 3.03. The van der Waals surface area contributed by atoms with E-state index < -0.39 is 0 Å². The van der Waals surface area contributed by atoms with Crippen LogP contribution in [0, 0.1) is 4.77 Å². The van der Waals surface area contributed by atoms with Crippen molar-refractivity contribution in [3.8, 4) is 0 Å². The van der Waals surface area contributed by atoms with E-state index in [1.54, 1.807) is 0 Å². The fourth-order valence-electron chi connectivity index (χ4n) is 1.88. The van der Waals surface area contributed by atoms with Crippen LogP contribution in [0.3, 0.4) is 0 Å². The molecule has 0 saturated carbocycles. The topological polar surface area (TPSA) is 66.7 Å². The molecule has 1 atom stereocenters. The number of nitrogens with one attached hydrogen (secondary N) is 2. The van der Waals surface area contributed by atoms with Gasteiger partial charge in [-0.1, -0.05) is 37.3 Å². The zero-order chi connectivity index (χ0) is 14.5. The number of aromatic nitrogens is 2. The molecule has 20 heavy (non-hydrogen) atoms. The molecule has 0 spiro atoms. The van der Waals surface area contributed by atoms with E-state index in [0.29, 0.717) is 28.7 Å². The average molecular weight is 309 g/mol. The van der Waals surface area contributed by atoms with Crippen LogP contribution < -0.4 is 11.1 Å². The van der Waals surface area contributed by atoms with Crippen LogP contribution >= 0.6 is 23.8 Å². The third-order valence-corrected chi connectivity index (χ3v) is 3.68. The Labute approximate surface area is 128 Å². The molecular weight excluding hydrogens is 292 g/mol. The summed E-state index contributed by atoms with van der Waals surface area (Å²) in [5.41, 5.74) is 8.69. The lowest BCUT2D eigenvalue weighted by atomic mass is 10.1. The third kappa shape index (κ3) is 3.49. The monoisotopic (exact) mass is 308 g/mol. The second-order valence-electron chi connectivity index (χ2n) is 4.61. The maximum absolute atomic E-state index is 6.13.